The fourth-order valence-electron chi connectivity index (χ4n) is 2.94. The minimum Gasteiger partial charge on any atom is -0.497 e. The van der Waals surface area contributed by atoms with Crippen LogP contribution in [-0.2, 0) is 6.54 Å². The van der Waals surface area contributed by atoms with Crippen molar-refractivity contribution >= 4 is 29.9 Å². The third kappa shape index (κ3) is 6.94. The van der Waals surface area contributed by atoms with Crippen LogP contribution in [0.25, 0.3) is 0 Å². The molecule has 0 saturated heterocycles. The number of guanidine groups is 1. The first-order chi connectivity index (χ1) is 12.9. The highest BCUT2D eigenvalue weighted by atomic mass is 127. The second-order valence-corrected chi connectivity index (χ2v) is 6.66. The number of halogens is 2. The van der Waals surface area contributed by atoms with E-state index in [1.54, 1.807) is 14.2 Å². The average molecular weight is 500 g/mol. The first kappa shape index (κ1) is 24.2. The molecule has 0 bridgehead atoms. The van der Waals surface area contributed by atoms with E-state index in [0.717, 1.165) is 23.8 Å². The van der Waals surface area contributed by atoms with Crippen LogP contribution in [0.1, 0.15) is 17.2 Å². The number of nitrogens with one attached hydrogen (secondary N) is 1. The molecular formula is C21H30FIN4O. The summed E-state index contributed by atoms with van der Waals surface area (Å²) in [7, 11) is 9.46. The van der Waals surface area contributed by atoms with Gasteiger partial charge in [-0.1, -0.05) is 24.3 Å². The molecular weight excluding hydrogens is 470 g/mol. The van der Waals surface area contributed by atoms with Crippen molar-refractivity contribution in [1.29, 1.82) is 0 Å². The summed E-state index contributed by atoms with van der Waals surface area (Å²) >= 11 is 0. The maximum atomic E-state index is 13.2. The predicted octanol–water partition coefficient (Wildman–Crippen LogP) is 3.76. The van der Waals surface area contributed by atoms with E-state index in [1.165, 1.54) is 17.7 Å². The zero-order chi connectivity index (χ0) is 19.8. The molecule has 0 aliphatic heterocycles. The molecule has 2 rings (SSSR count). The van der Waals surface area contributed by atoms with E-state index in [9.17, 15) is 4.39 Å². The minimum absolute atomic E-state index is 0. The Kier molecular flexibility index (Phi) is 10.2. The summed E-state index contributed by atoms with van der Waals surface area (Å²) in [6.07, 6.45) is 0. The summed E-state index contributed by atoms with van der Waals surface area (Å²) in [6, 6.07) is 14.8. The molecule has 5 nitrogen and oxygen atoms in total. The van der Waals surface area contributed by atoms with Gasteiger partial charge < -0.3 is 19.9 Å². The van der Waals surface area contributed by atoms with Crippen molar-refractivity contribution in [3.8, 4) is 5.75 Å². The van der Waals surface area contributed by atoms with Crippen LogP contribution < -0.4 is 10.1 Å². The lowest BCUT2D eigenvalue weighted by molar-refractivity contribution is 0.295. The van der Waals surface area contributed by atoms with Crippen molar-refractivity contribution in [2.45, 2.75) is 12.6 Å². The molecule has 0 heterocycles. The second kappa shape index (κ2) is 11.9. The molecule has 0 saturated carbocycles. The van der Waals surface area contributed by atoms with Crippen LogP contribution in [0.5, 0.6) is 5.75 Å². The Morgan fingerprint density at radius 2 is 1.68 bits per heavy atom. The van der Waals surface area contributed by atoms with Crippen molar-refractivity contribution in [2.75, 3.05) is 41.8 Å². The topological polar surface area (TPSA) is 40.1 Å². The van der Waals surface area contributed by atoms with Gasteiger partial charge in [0.15, 0.2) is 5.96 Å². The Morgan fingerprint density at radius 1 is 1.07 bits per heavy atom. The van der Waals surface area contributed by atoms with Crippen LogP contribution in [0.4, 0.5) is 4.39 Å². The maximum Gasteiger partial charge on any atom is 0.193 e. The lowest BCUT2D eigenvalue weighted by atomic mass is 10.1. The zero-order valence-electron chi connectivity index (χ0n) is 17.1. The van der Waals surface area contributed by atoms with Gasteiger partial charge in [0.2, 0.25) is 0 Å². The van der Waals surface area contributed by atoms with E-state index in [0.29, 0.717) is 6.54 Å². The number of hydrogen-bond donors (Lipinski definition) is 1. The second-order valence-electron chi connectivity index (χ2n) is 6.66. The molecule has 0 amide bonds. The molecule has 28 heavy (non-hydrogen) atoms. The van der Waals surface area contributed by atoms with E-state index >= 15 is 0 Å². The molecule has 1 unspecified atom stereocenters. The first-order valence-electron chi connectivity index (χ1n) is 8.91. The van der Waals surface area contributed by atoms with Crippen molar-refractivity contribution in [2.24, 2.45) is 4.99 Å². The van der Waals surface area contributed by atoms with Gasteiger partial charge in [0, 0.05) is 27.2 Å². The third-order valence-corrected chi connectivity index (χ3v) is 4.48. The lowest BCUT2D eigenvalue weighted by Crippen LogP contribution is -2.42. The van der Waals surface area contributed by atoms with Crippen molar-refractivity contribution in [1.82, 2.24) is 15.1 Å². The van der Waals surface area contributed by atoms with Crippen LogP contribution in [0.2, 0.25) is 0 Å². The number of methoxy groups -OCH3 is 1. The third-order valence-electron chi connectivity index (χ3n) is 4.48. The van der Waals surface area contributed by atoms with Crippen molar-refractivity contribution in [3.05, 3.63) is 65.5 Å². The standard InChI is InChI=1S/C21H29FN4O.HI/c1-23-21(26(4)15-16-6-12-19(27-5)13-7-16)24-14-20(25(2)3)17-8-10-18(22)11-9-17;/h6-13,20H,14-15H2,1-5H3,(H,23,24);1H. The van der Waals surface area contributed by atoms with Gasteiger partial charge in [0.25, 0.3) is 0 Å². The minimum atomic E-state index is -0.223. The summed E-state index contributed by atoms with van der Waals surface area (Å²) < 4.78 is 18.4. The summed E-state index contributed by atoms with van der Waals surface area (Å²) in [5.41, 5.74) is 2.23. The number of ether oxygens (including phenoxy) is 1. The number of likely N-dealkylation sites (N-methyl/N-ethyl adjacent to an activating group) is 1. The molecule has 0 radical (unpaired) electrons. The largest absolute Gasteiger partial charge is 0.497 e. The summed E-state index contributed by atoms with van der Waals surface area (Å²) in [4.78, 5) is 8.56. The van der Waals surface area contributed by atoms with Crippen LogP contribution in [-0.4, -0.2) is 57.6 Å². The molecule has 1 N–H and O–H groups in total. The van der Waals surface area contributed by atoms with Crippen molar-refractivity contribution in [3.63, 3.8) is 0 Å². The number of aliphatic imine (C=N–C) groups is 1. The SMILES string of the molecule is CN=C(NCC(c1ccc(F)cc1)N(C)C)N(C)Cc1ccc(OC)cc1.I. The number of benzene rings is 2. The average Bonchev–Trinajstić information content (AvgIpc) is 2.66. The Balaban J connectivity index is 0.00000392. The molecule has 154 valence electrons. The van der Waals surface area contributed by atoms with Crippen molar-refractivity contribution < 1.29 is 9.13 Å². The van der Waals surface area contributed by atoms with Gasteiger partial charge in [-0.3, -0.25) is 4.99 Å². The molecule has 2 aromatic rings. The zero-order valence-corrected chi connectivity index (χ0v) is 19.5. The Hall–Kier alpha value is -1.87. The van der Waals surface area contributed by atoms with E-state index in [-0.39, 0.29) is 35.8 Å². The molecule has 0 aliphatic rings. The molecule has 0 fully saturated rings. The number of hydrogen-bond acceptors (Lipinski definition) is 3. The highest BCUT2D eigenvalue weighted by molar-refractivity contribution is 14.0. The van der Waals surface area contributed by atoms with E-state index in [4.69, 9.17) is 4.74 Å². The van der Waals surface area contributed by atoms with Crippen LogP contribution in [0, 0.1) is 5.82 Å². The van der Waals surface area contributed by atoms with Gasteiger partial charge in [0.1, 0.15) is 11.6 Å². The maximum absolute atomic E-state index is 13.2. The van der Waals surface area contributed by atoms with E-state index in [2.05, 4.69) is 20.1 Å². The number of rotatable bonds is 7. The molecule has 0 spiro atoms. The van der Waals surface area contributed by atoms with Gasteiger partial charge in [0.05, 0.1) is 13.2 Å². The fraction of sp³-hybridized carbons (Fsp3) is 0.381. The monoisotopic (exact) mass is 500 g/mol. The van der Waals surface area contributed by atoms with Crippen LogP contribution in [0.15, 0.2) is 53.5 Å². The summed E-state index contributed by atoms with van der Waals surface area (Å²) in [6.45, 7) is 1.39. The number of nitrogens with zero attached hydrogens (tertiary/aromatic N) is 3. The highest BCUT2D eigenvalue weighted by Crippen LogP contribution is 2.18. The van der Waals surface area contributed by atoms with Crippen LogP contribution in [0.3, 0.4) is 0 Å². The molecule has 7 heteroatoms. The van der Waals surface area contributed by atoms with Gasteiger partial charge in [-0.15, -0.1) is 24.0 Å². The predicted molar refractivity (Wildman–Crippen MR) is 124 cm³/mol. The van der Waals surface area contributed by atoms with Gasteiger partial charge in [-0.2, -0.15) is 0 Å². The Bertz CT molecular complexity index is 735. The normalized spacial score (nSPS) is 12.3. The van der Waals surface area contributed by atoms with Crippen LogP contribution >= 0.6 is 24.0 Å². The van der Waals surface area contributed by atoms with E-state index < -0.39 is 0 Å². The van der Waals surface area contributed by atoms with Gasteiger partial charge in [-0.25, -0.2) is 4.39 Å². The smallest absolute Gasteiger partial charge is 0.193 e. The van der Waals surface area contributed by atoms with Gasteiger partial charge in [-0.05, 0) is 49.5 Å². The van der Waals surface area contributed by atoms with E-state index in [1.807, 2.05) is 57.5 Å². The first-order valence-corrected chi connectivity index (χ1v) is 8.91. The van der Waals surface area contributed by atoms with Gasteiger partial charge >= 0.3 is 0 Å². The molecule has 0 aromatic heterocycles. The molecule has 1 atom stereocenters. The summed E-state index contributed by atoms with van der Waals surface area (Å²) in [5.74, 6) is 1.43. The summed E-state index contributed by atoms with van der Waals surface area (Å²) in [5, 5.41) is 3.42. The molecule has 0 aliphatic carbocycles. The molecule has 2 aromatic carbocycles. The quantitative estimate of drug-likeness (QED) is 0.357. The lowest BCUT2D eigenvalue weighted by Gasteiger charge is -2.28. The Morgan fingerprint density at radius 3 is 2.18 bits per heavy atom. The Labute approximate surface area is 184 Å². The highest BCUT2D eigenvalue weighted by Gasteiger charge is 2.16. The fourth-order valence-corrected chi connectivity index (χ4v) is 2.94.